The Hall–Kier alpha value is -1.44. The molecule has 0 bridgehead atoms. The van der Waals surface area contributed by atoms with Crippen LogP contribution in [0.15, 0.2) is 29.2 Å². The van der Waals surface area contributed by atoms with E-state index < -0.39 is 10.0 Å². The van der Waals surface area contributed by atoms with Crippen molar-refractivity contribution in [1.82, 2.24) is 14.9 Å². The van der Waals surface area contributed by atoms with E-state index in [1.807, 2.05) is 4.90 Å². The third-order valence-electron chi connectivity index (χ3n) is 3.85. The molecule has 0 spiro atoms. The summed E-state index contributed by atoms with van der Waals surface area (Å²) in [6, 6.07) is 7.00. The zero-order chi connectivity index (χ0) is 16.2. The molecule has 1 heterocycles. The molecule has 0 saturated carbocycles. The normalized spacial score (nSPS) is 19.2. The van der Waals surface area contributed by atoms with Gasteiger partial charge < -0.3 is 10.2 Å². The fraction of sp³-hybridized carbons (Fsp3) is 0.533. The minimum Gasteiger partial charge on any atom is -0.340 e. The Morgan fingerprint density at radius 1 is 1.36 bits per heavy atom. The summed E-state index contributed by atoms with van der Waals surface area (Å²) >= 11 is 0. The number of carbonyl (C=O) groups excluding carboxylic acids is 1. The van der Waals surface area contributed by atoms with Gasteiger partial charge in [0.2, 0.25) is 15.9 Å². The highest BCUT2D eigenvalue weighted by atomic mass is 32.2. The van der Waals surface area contributed by atoms with Gasteiger partial charge in [0.25, 0.3) is 0 Å². The van der Waals surface area contributed by atoms with Crippen LogP contribution in [0.2, 0.25) is 0 Å². The second-order valence-corrected chi connectivity index (χ2v) is 7.43. The topological polar surface area (TPSA) is 78.5 Å². The number of piperazine rings is 1. The molecular formula is C15H23N3O3S. The van der Waals surface area contributed by atoms with Crippen molar-refractivity contribution >= 4 is 15.9 Å². The molecule has 1 saturated heterocycles. The second kappa shape index (κ2) is 7.21. The molecule has 2 N–H and O–H groups in total. The number of nitrogens with zero attached hydrogens (tertiary/aromatic N) is 1. The monoisotopic (exact) mass is 325 g/mol. The largest absolute Gasteiger partial charge is 0.340 e. The second-order valence-electron chi connectivity index (χ2n) is 5.55. The summed E-state index contributed by atoms with van der Waals surface area (Å²) < 4.78 is 25.6. The number of rotatable bonds is 5. The van der Waals surface area contributed by atoms with Crippen molar-refractivity contribution in [1.29, 1.82) is 0 Å². The van der Waals surface area contributed by atoms with Gasteiger partial charge in [-0.2, -0.15) is 0 Å². The number of hydrogen-bond acceptors (Lipinski definition) is 4. The molecule has 1 aromatic rings. The van der Waals surface area contributed by atoms with Crippen LogP contribution in [0.3, 0.4) is 0 Å². The summed E-state index contributed by atoms with van der Waals surface area (Å²) in [4.78, 5) is 14.3. The number of amides is 1. The van der Waals surface area contributed by atoms with Gasteiger partial charge in [0.1, 0.15) is 0 Å². The molecule has 0 unspecified atom stereocenters. The molecule has 122 valence electrons. The summed E-state index contributed by atoms with van der Waals surface area (Å²) in [5.74, 6) is 0.153. The van der Waals surface area contributed by atoms with Crippen LogP contribution in [-0.2, 0) is 21.2 Å². The summed E-state index contributed by atoms with van der Waals surface area (Å²) in [5.41, 5.74) is 0.964. The van der Waals surface area contributed by atoms with E-state index in [4.69, 9.17) is 0 Å². The van der Waals surface area contributed by atoms with E-state index in [0.717, 1.165) is 25.2 Å². The molecule has 0 aliphatic carbocycles. The van der Waals surface area contributed by atoms with Gasteiger partial charge in [0.05, 0.1) is 4.90 Å². The van der Waals surface area contributed by atoms with Crippen LogP contribution in [0.25, 0.3) is 0 Å². The van der Waals surface area contributed by atoms with Crippen molar-refractivity contribution in [3.8, 4) is 0 Å². The van der Waals surface area contributed by atoms with Crippen molar-refractivity contribution in [2.75, 3.05) is 26.7 Å². The van der Waals surface area contributed by atoms with Gasteiger partial charge in [-0.3, -0.25) is 4.79 Å². The van der Waals surface area contributed by atoms with E-state index in [0.29, 0.717) is 18.9 Å². The predicted molar refractivity (Wildman–Crippen MR) is 85.1 cm³/mol. The first-order valence-electron chi connectivity index (χ1n) is 7.46. The summed E-state index contributed by atoms with van der Waals surface area (Å²) in [6.45, 7) is 4.41. The first-order valence-corrected chi connectivity index (χ1v) is 8.94. The third-order valence-corrected chi connectivity index (χ3v) is 5.28. The Morgan fingerprint density at radius 3 is 2.64 bits per heavy atom. The minimum absolute atomic E-state index is 0.153. The van der Waals surface area contributed by atoms with E-state index in [9.17, 15) is 13.2 Å². The Morgan fingerprint density at radius 2 is 2.05 bits per heavy atom. The van der Waals surface area contributed by atoms with E-state index in [-0.39, 0.29) is 10.8 Å². The first kappa shape index (κ1) is 16.9. The maximum absolute atomic E-state index is 12.2. The molecule has 6 nitrogen and oxygen atoms in total. The lowest BCUT2D eigenvalue weighted by atomic mass is 10.1. The molecule has 1 aromatic carbocycles. The highest BCUT2D eigenvalue weighted by Gasteiger charge is 2.20. The Balaban J connectivity index is 1.90. The van der Waals surface area contributed by atoms with E-state index >= 15 is 0 Å². The number of carbonyl (C=O) groups is 1. The number of hydrogen-bond donors (Lipinski definition) is 2. The molecule has 0 radical (unpaired) electrons. The number of sulfonamides is 1. The maximum atomic E-state index is 12.2. The highest BCUT2D eigenvalue weighted by molar-refractivity contribution is 7.89. The van der Waals surface area contributed by atoms with Gasteiger partial charge in [-0.05, 0) is 38.1 Å². The van der Waals surface area contributed by atoms with Crippen LogP contribution in [0.5, 0.6) is 0 Å². The zero-order valence-corrected chi connectivity index (χ0v) is 13.8. The van der Waals surface area contributed by atoms with Gasteiger partial charge >= 0.3 is 0 Å². The number of benzene rings is 1. The minimum atomic E-state index is -3.40. The Kier molecular flexibility index (Phi) is 5.55. The average molecular weight is 325 g/mol. The summed E-state index contributed by atoms with van der Waals surface area (Å²) in [6.07, 6.45) is 1.07. The molecule has 1 amide bonds. The predicted octanol–water partition coefficient (Wildman–Crippen LogP) is 0.348. The summed E-state index contributed by atoms with van der Waals surface area (Å²) in [5, 5.41) is 3.31. The lowest BCUT2D eigenvalue weighted by Gasteiger charge is -2.32. The van der Waals surface area contributed by atoms with Crippen LogP contribution in [0.4, 0.5) is 0 Å². The van der Waals surface area contributed by atoms with Gasteiger partial charge in [-0.1, -0.05) is 12.1 Å². The molecule has 1 aliphatic rings. The van der Waals surface area contributed by atoms with Gasteiger partial charge in [0.15, 0.2) is 0 Å². The van der Waals surface area contributed by atoms with Crippen molar-refractivity contribution < 1.29 is 13.2 Å². The average Bonchev–Trinajstić information content (AvgIpc) is 2.53. The fourth-order valence-corrected chi connectivity index (χ4v) is 3.25. The van der Waals surface area contributed by atoms with Crippen LogP contribution in [-0.4, -0.2) is 51.9 Å². The van der Waals surface area contributed by atoms with Gasteiger partial charge in [-0.25, -0.2) is 13.1 Å². The molecule has 1 fully saturated rings. The first-order chi connectivity index (χ1) is 10.4. The molecule has 1 aliphatic heterocycles. The van der Waals surface area contributed by atoms with Crippen LogP contribution >= 0.6 is 0 Å². The molecular weight excluding hydrogens is 302 g/mol. The zero-order valence-electron chi connectivity index (χ0n) is 13.0. The third kappa shape index (κ3) is 4.28. The molecule has 22 heavy (non-hydrogen) atoms. The Labute approximate surface area is 131 Å². The van der Waals surface area contributed by atoms with E-state index in [2.05, 4.69) is 17.0 Å². The quantitative estimate of drug-likeness (QED) is 0.819. The van der Waals surface area contributed by atoms with E-state index in [1.165, 1.54) is 7.05 Å². The van der Waals surface area contributed by atoms with Crippen molar-refractivity contribution in [2.24, 2.45) is 0 Å². The lowest BCUT2D eigenvalue weighted by Crippen LogP contribution is -2.51. The van der Waals surface area contributed by atoms with E-state index in [1.54, 1.807) is 24.3 Å². The molecule has 1 atom stereocenters. The van der Waals surface area contributed by atoms with Crippen LogP contribution in [0.1, 0.15) is 18.9 Å². The standard InChI is InChI=1S/C15H23N3O3S/c1-12-11-18(10-9-17-12)15(19)8-5-13-3-6-14(7-4-13)22(20,21)16-2/h3-4,6-7,12,16-17H,5,8-11H2,1-2H3/t12-/m1/s1. The maximum Gasteiger partial charge on any atom is 0.240 e. The highest BCUT2D eigenvalue weighted by Crippen LogP contribution is 2.12. The molecule has 0 aromatic heterocycles. The molecule has 7 heteroatoms. The van der Waals surface area contributed by atoms with Crippen molar-refractivity contribution in [3.05, 3.63) is 29.8 Å². The summed E-state index contributed by atoms with van der Waals surface area (Å²) in [7, 11) is -2.02. The fourth-order valence-electron chi connectivity index (χ4n) is 2.52. The van der Waals surface area contributed by atoms with Gasteiger partial charge in [0, 0.05) is 32.1 Å². The smallest absolute Gasteiger partial charge is 0.240 e. The number of nitrogens with one attached hydrogen (secondary N) is 2. The van der Waals surface area contributed by atoms with Gasteiger partial charge in [-0.15, -0.1) is 0 Å². The number of aryl methyl sites for hydroxylation is 1. The molecule has 2 rings (SSSR count). The van der Waals surface area contributed by atoms with Crippen molar-refractivity contribution in [2.45, 2.75) is 30.7 Å². The van der Waals surface area contributed by atoms with Crippen LogP contribution in [0, 0.1) is 0 Å². The Bertz CT molecular complexity index is 613. The SMILES string of the molecule is CNS(=O)(=O)c1ccc(CCC(=O)N2CCN[C@H](C)C2)cc1. The van der Waals surface area contributed by atoms with Crippen molar-refractivity contribution in [3.63, 3.8) is 0 Å². The van der Waals surface area contributed by atoms with Crippen LogP contribution < -0.4 is 10.0 Å². The lowest BCUT2D eigenvalue weighted by molar-refractivity contribution is -0.132.